The fraction of sp³-hybridized carbons (Fsp3) is 0.478. The highest BCUT2D eigenvalue weighted by Crippen LogP contribution is 2.29. The molecule has 2 aromatic heterocycles. The molecule has 0 unspecified atom stereocenters. The number of unbranched alkanes of at least 4 members (excludes halogenated alkanes) is 2. The van der Waals surface area contributed by atoms with E-state index in [0.717, 1.165) is 73.9 Å². The van der Waals surface area contributed by atoms with E-state index >= 15 is 0 Å². The molecule has 3 heterocycles. The lowest BCUT2D eigenvalue weighted by Gasteiger charge is -2.34. The molecule has 4 rings (SSSR count). The van der Waals surface area contributed by atoms with E-state index in [1.807, 2.05) is 4.90 Å². The van der Waals surface area contributed by atoms with Crippen LogP contribution in [-0.4, -0.2) is 51.3 Å². The van der Waals surface area contributed by atoms with Crippen LogP contribution in [-0.2, 0) is 11.3 Å². The highest BCUT2D eigenvalue weighted by atomic mass is 32.1. The summed E-state index contributed by atoms with van der Waals surface area (Å²) in [5.74, 6) is 0.0483. The van der Waals surface area contributed by atoms with E-state index in [4.69, 9.17) is 4.98 Å². The Labute approximate surface area is 181 Å². The lowest BCUT2D eigenvalue weighted by Crippen LogP contribution is -2.48. The minimum Gasteiger partial charge on any atom is -0.340 e. The van der Waals surface area contributed by atoms with E-state index in [0.29, 0.717) is 6.42 Å². The highest BCUT2D eigenvalue weighted by molar-refractivity contribution is 7.17. The van der Waals surface area contributed by atoms with Gasteiger partial charge in [0.1, 0.15) is 5.82 Å². The van der Waals surface area contributed by atoms with Gasteiger partial charge in [-0.2, -0.15) is 0 Å². The quantitative estimate of drug-likeness (QED) is 0.511. The second kappa shape index (κ2) is 9.27. The van der Waals surface area contributed by atoms with Crippen molar-refractivity contribution in [3.8, 4) is 11.3 Å². The molecule has 0 radical (unpaired) electrons. The molecule has 1 amide bonds. The van der Waals surface area contributed by atoms with E-state index in [1.54, 1.807) is 23.5 Å². The predicted molar refractivity (Wildman–Crippen MR) is 119 cm³/mol. The molecule has 5 nitrogen and oxygen atoms in total. The molecule has 1 saturated heterocycles. The number of hydrogen-bond donors (Lipinski definition) is 0. The second-order valence-electron chi connectivity index (χ2n) is 8.02. The van der Waals surface area contributed by atoms with E-state index < -0.39 is 0 Å². The molecule has 0 N–H and O–H groups in total. The fourth-order valence-electron chi connectivity index (χ4n) is 4.04. The summed E-state index contributed by atoms with van der Waals surface area (Å²) in [4.78, 5) is 23.8. The van der Waals surface area contributed by atoms with E-state index in [9.17, 15) is 9.18 Å². The topological polar surface area (TPSA) is 40.9 Å². The summed E-state index contributed by atoms with van der Waals surface area (Å²) in [5.41, 5.74) is 2.98. The Kier molecular flexibility index (Phi) is 6.49. The van der Waals surface area contributed by atoms with Crippen molar-refractivity contribution in [2.75, 3.05) is 26.2 Å². The third-order valence-electron chi connectivity index (χ3n) is 5.75. The Morgan fingerprint density at radius 3 is 2.57 bits per heavy atom. The highest BCUT2D eigenvalue weighted by Gasteiger charge is 2.24. The van der Waals surface area contributed by atoms with Crippen LogP contribution in [0.2, 0.25) is 0 Å². The van der Waals surface area contributed by atoms with Gasteiger partial charge in [0, 0.05) is 55.8 Å². The first-order valence-electron chi connectivity index (χ1n) is 10.8. The van der Waals surface area contributed by atoms with Gasteiger partial charge in [0.15, 0.2) is 4.96 Å². The van der Waals surface area contributed by atoms with Gasteiger partial charge >= 0.3 is 0 Å². The molecule has 160 valence electrons. The Morgan fingerprint density at radius 1 is 1.13 bits per heavy atom. The van der Waals surface area contributed by atoms with E-state index in [1.165, 1.54) is 17.0 Å². The van der Waals surface area contributed by atoms with Crippen molar-refractivity contribution in [1.29, 1.82) is 0 Å². The van der Waals surface area contributed by atoms with E-state index in [-0.39, 0.29) is 11.7 Å². The summed E-state index contributed by atoms with van der Waals surface area (Å²) in [5, 5.41) is 0. The predicted octanol–water partition coefficient (Wildman–Crippen LogP) is 4.73. The zero-order valence-corrected chi connectivity index (χ0v) is 18.6. The molecule has 1 aromatic carbocycles. The number of rotatable bonds is 7. The van der Waals surface area contributed by atoms with Crippen LogP contribution in [0.25, 0.3) is 16.2 Å². The zero-order valence-electron chi connectivity index (χ0n) is 17.7. The number of piperazine rings is 1. The maximum Gasteiger partial charge on any atom is 0.222 e. The number of carbonyl (C=O) groups excluding carboxylic acids is 1. The lowest BCUT2D eigenvalue weighted by atomic mass is 10.1. The SMILES string of the molecule is CCCCCC(=O)N1CCN(Cc2c(-c3ccc(F)cc3)nc3sc(C)cn23)CC1. The first-order valence-corrected chi connectivity index (χ1v) is 11.6. The monoisotopic (exact) mass is 428 g/mol. The first-order chi connectivity index (χ1) is 14.5. The molecule has 0 atom stereocenters. The molecule has 0 bridgehead atoms. The summed E-state index contributed by atoms with van der Waals surface area (Å²) in [7, 11) is 0. The normalized spacial score (nSPS) is 15.2. The van der Waals surface area contributed by atoms with Gasteiger partial charge in [-0.15, -0.1) is 11.3 Å². The number of carbonyl (C=O) groups is 1. The Bertz CT molecular complexity index is 1000. The summed E-state index contributed by atoms with van der Waals surface area (Å²) < 4.78 is 15.6. The van der Waals surface area contributed by atoms with Crippen molar-refractivity contribution in [3.63, 3.8) is 0 Å². The largest absolute Gasteiger partial charge is 0.340 e. The standard InChI is InChI=1S/C23H29FN4OS/c1-3-4-5-6-21(29)27-13-11-26(12-14-27)16-20-22(18-7-9-19(24)10-8-18)25-23-28(20)15-17(2)30-23/h7-10,15H,3-6,11-14,16H2,1-2H3. The smallest absolute Gasteiger partial charge is 0.222 e. The minimum absolute atomic E-state index is 0.239. The molecule has 3 aromatic rings. The molecule has 0 spiro atoms. The van der Waals surface area contributed by atoms with Crippen molar-refractivity contribution in [1.82, 2.24) is 19.2 Å². The first kappa shape index (κ1) is 21.0. The Morgan fingerprint density at radius 2 is 1.87 bits per heavy atom. The molecule has 30 heavy (non-hydrogen) atoms. The number of nitrogens with zero attached hydrogens (tertiary/aromatic N) is 4. The number of aryl methyl sites for hydroxylation is 1. The van der Waals surface area contributed by atoms with Crippen molar-refractivity contribution < 1.29 is 9.18 Å². The van der Waals surface area contributed by atoms with Gasteiger partial charge in [-0.25, -0.2) is 9.37 Å². The van der Waals surface area contributed by atoms with Gasteiger partial charge in [0.25, 0.3) is 0 Å². The van der Waals surface area contributed by atoms with Crippen molar-refractivity contribution in [2.45, 2.75) is 46.1 Å². The van der Waals surface area contributed by atoms with Crippen LogP contribution < -0.4 is 0 Å². The molecule has 1 aliphatic heterocycles. The fourth-order valence-corrected chi connectivity index (χ4v) is 4.89. The molecule has 1 fully saturated rings. The maximum absolute atomic E-state index is 13.4. The lowest BCUT2D eigenvalue weighted by molar-refractivity contribution is -0.133. The molecular weight excluding hydrogens is 399 g/mol. The van der Waals surface area contributed by atoms with Crippen molar-refractivity contribution in [3.05, 3.63) is 46.9 Å². The molecule has 1 aliphatic rings. The van der Waals surface area contributed by atoms with Gasteiger partial charge in [-0.1, -0.05) is 19.8 Å². The summed E-state index contributed by atoms with van der Waals surface area (Å²) in [6.07, 6.45) is 6.04. The van der Waals surface area contributed by atoms with Gasteiger partial charge < -0.3 is 4.90 Å². The number of thiazole rings is 1. The van der Waals surface area contributed by atoms with Gasteiger partial charge in [-0.3, -0.25) is 14.1 Å². The molecular formula is C23H29FN4OS. The second-order valence-corrected chi connectivity index (χ2v) is 9.24. The van der Waals surface area contributed by atoms with E-state index in [2.05, 4.69) is 29.3 Å². The average molecular weight is 429 g/mol. The maximum atomic E-state index is 13.4. The Hall–Kier alpha value is -2.25. The molecule has 7 heteroatoms. The van der Waals surface area contributed by atoms with Crippen LogP contribution in [0.1, 0.15) is 43.2 Å². The number of halogens is 1. The third kappa shape index (κ3) is 4.57. The van der Waals surface area contributed by atoms with Crippen LogP contribution in [0.3, 0.4) is 0 Å². The van der Waals surface area contributed by atoms with Crippen molar-refractivity contribution in [2.24, 2.45) is 0 Å². The zero-order chi connectivity index (χ0) is 21.1. The summed E-state index contributed by atoms with van der Waals surface area (Å²) >= 11 is 1.67. The van der Waals surface area contributed by atoms with Crippen LogP contribution in [0.4, 0.5) is 4.39 Å². The average Bonchev–Trinajstić information content (AvgIpc) is 3.26. The number of hydrogen-bond acceptors (Lipinski definition) is 4. The van der Waals surface area contributed by atoms with Gasteiger partial charge in [0.05, 0.1) is 11.4 Å². The van der Waals surface area contributed by atoms with Crippen LogP contribution in [0.15, 0.2) is 30.5 Å². The number of benzene rings is 1. The minimum atomic E-state index is -0.239. The van der Waals surface area contributed by atoms with Gasteiger partial charge in [0.2, 0.25) is 5.91 Å². The van der Waals surface area contributed by atoms with Crippen LogP contribution >= 0.6 is 11.3 Å². The van der Waals surface area contributed by atoms with Crippen LogP contribution in [0, 0.1) is 12.7 Å². The number of aromatic nitrogens is 2. The molecule has 0 saturated carbocycles. The van der Waals surface area contributed by atoms with Crippen molar-refractivity contribution >= 4 is 22.2 Å². The third-order valence-corrected chi connectivity index (χ3v) is 6.65. The number of imidazole rings is 1. The summed E-state index contributed by atoms with van der Waals surface area (Å²) in [6, 6.07) is 6.57. The van der Waals surface area contributed by atoms with Crippen LogP contribution in [0.5, 0.6) is 0 Å². The number of amides is 1. The summed E-state index contributed by atoms with van der Waals surface area (Å²) in [6.45, 7) is 8.29. The Balaban J connectivity index is 1.48. The molecule has 0 aliphatic carbocycles. The number of fused-ring (bicyclic) bond motifs is 1. The van der Waals surface area contributed by atoms with Gasteiger partial charge in [-0.05, 0) is 37.6 Å².